The molecule has 0 aliphatic rings. The zero-order chi connectivity index (χ0) is 11.5. The molecule has 0 saturated carbocycles. The van der Waals surface area contributed by atoms with Gasteiger partial charge < -0.3 is 0 Å². The van der Waals surface area contributed by atoms with Crippen molar-refractivity contribution in [2.75, 3.05) is 0 Å². The van der Waals surface area contributed by atoms with E-state index in [1.54, 1.807) is 0 Å². The second kappa shape index (κ2) is 10.2. The highest BCUT2D eigenvalue weighted by molar-refractivity contribution is 5.24. The van der Waals surface area contributed by atoms with Crippen LogP contribution in [0.25, 0.3) is 0 Å². The highest BCUT2D eigenvalue weighted by Gasteiger charge is 2.13. The van der Waals surface area contributed by atoms with Gasteiger partial charge in [0.15, 0.2) is 0 Å². The molecule has 0 aromatic carbocycles. The average molecular weight is 211 g/mol. The molecule has 0 aromatic heterocycles. The quantitative estimate of drug-likeness (QED) is 0.362. The lowest BCUT2D eigenvalue weighted by Crippen LogP contribution is -2.15. The molecule has 0 fully saturated rings. The van der Waals surface area contributed by atoms with Crippen molar-refractivity contribution in [2.45, 2.75) is 78.2 Å². The van der Waals surface area contributed by atoms with E-state index >= 15 is 0 Å². The molecule has 0 radical (unpaired) electrons. The molecule has 1 heteroatoms. The van der Waals surface area contributed by atoms with E-state index in [1.165, 1.54) is 51.4 Å². The summed E-state index contributed by atoms with van der Waals surface area (Å²) < 4.78 is 0. The molecular weight excluding hydrogens is 182 g/mol. The minimum Gasteiger partial charge on any atom is -0.297 e. The second-order valence-electron chi connectivity index (χ2n) is 4.72. The maximum atomic E-state index is 4.29. The Kier molecular flexibility index (Phi) is 9.97. The van der Waals surface area contributed by atoms with E-state index in [0.717, 1.165) is 5.92 Å². The molecule has 2 atom stereocenters. The van der Waals surface area contributed by atoms with Gasteiger partial charge in [0.1, 0.15) is 0 Å². The van der Waals surface area contributed by atoms with Crippen molar-refractivity contribution in [3.05, 3.63) is 0 Å². The van der Waals surface area contributed by atoms with Gasteiger partial charge in [0.2, 0.25) is 0 Å². The normalized spacial score (nSPS) is 14.9. The van der Waals surface area contributed by atoms with Crippen molar-refractivity contribution in [3.8, 4) is 0 Å². The molecule has 90 valence electrons. The van der Waals surface area contributed by atoms with Crippen LogP contribution in [0.4, 0.5) is 0 Å². The first kappa shape index (κ1) is 14.7. The summed E-state index contributed by atoms with van der Waals surface area (Å²) in [4.78, 5) is 4.29. The number of hydrogen-bond acceptors (Lipinski definition) is 1. The van der Waals surface area contributed by atoms with Crippen molar-refractivity contribution in [3.63, 3.8) is 0 Å². The maximum Gasteiger partial charge on any atom is 0.0517 e. The minimum atomic E-state index is 0.508. The van der Waals surface area contributed by atoms with Gasteiger partial charge >= 0.3 is 0 Å². The third kappa shape index (κ3) is 7.58. The Labute approximate surface area is 96.4 Å². The van der Waals surface area contributed by atoms with Crippen molar-refractivity contribution in [2.24, 2.45) is 10.9 Å². The SMILES string of the molecule is C=NC(CCCCC)C(C)CCCCC. The minimum absolute atomic E-state index is 0.508. The second-order valence-corrected chi connectivity index (χ2v) is 4.72. The van der Waals surface area contributed by atoms with E-state index in [0.29, 0.717) is 6.04 Å². The van der Waals surface area contributed by atoms with Crippen molar-refractivity contribution < 1.29 is 0 Å². The molecule has 0 spiro atoms. The Morgan fingerprint density at radius 3 is 1.93 bits per heavy atom. The molecule has 0 rings (SSSR count). The monoisotopic (exact) mass is 211 g/mol. The van der Waals surface area contributed by atoms with E-state index in [9.17, 15) is 0 Å². The topological polar surface area (TPSA) is 12.4 Å². The number of aliphatic imine (C=N–C) groups is 1. The summed E-state index contributed by atoms with van der Waals surface area (Å²) in [7, 11) is 0. The Morgan fingerprint density at radius 1 is 0.933 bits per heavy atom. The van der Waals surface area contributed by atoms with Gasteiger partial charge in [-0.1, -0.05) is 59.3 Å². The summed E-state index contributed by atoms with van der Waals surface area (Å²) in [6.07, 6.45) is 10.6. The van der Waals surface area contributed by atoms with Crippen LogP contribution in [0, 0.1) is 5.92 Å². The van der Waals surface area contributed by atoms with E-state index in [1.807, 2.05) is 0 Å². The molecule has 0 heterocycles. The van der Waals surface area contributed by atoms with Crippen molar-refractivity contribution in [1.82, 2.24) is 0 Å². The fourth-order valence-electron chi connectivity index (χ4n) is 2.07. The zero-order valence-corrected chi connectivity index (χ0v) is 11.0. The predicted molar refractivity (Wildman–Crippen MR) is 70.8 cm³/mol. The highest BCUT2D eigenvalue weighted by atomic mass is 14.8. The van der Waals surface area contributed by atoms with Gasteiger partial charge in [0.25, 0.3) is 0 Å². The zero-order valence-electron chi connectivity index (χ0n) is 11.0. The lowest BCUT2D eigenvalue weighted by molar-refractivity contribution is 0.384. The first-order valence-corrected chi connectivity index (χ1v) is 6.72. The Morgan fingerprint density at radius 2 is 1.47 bits per heavy atom. The van der Waals surface area contributed by atoms with Crippen molar-refractivity contribution in [1.29, 1.82) is 0 Å². The van der Waals surface area contributed by atoms with E-state index < -0.39 is 0 Å². The molecular formula is C14H29N. The largest absolute Gasteiger partial charge is 0.297 e. The summed E-state index contributed by atoms with van der Waals surface area (Å²) >= 11 is 0. The number of rotatable bonds is 10. The van der Waals surface area contributed by atoms with Crippen LogP contribution in [-0.2, 0) is 0 Å². The van der Waals surface area contributed by atoms with Gasteiger partial charge in [0.05, 0.1) is 6.04 Å². The van der Waals surface area contributed by atoms with Gasteiger partial charge in [-0.15, -0.1) is 0 Å². The molecule has 2 unspecified atom stereocenters. The fourth-order valence-corrected chi connectivity index (χ4v) is 2.07. The molecule has 0 aliphatic heterocycles. The van der Waals surface area contributed by atoms with Gasteiger partial charge in [-0.25, -0.2) is 0 Å². The van der Waals surface area contributed by atoms with E-state index in [4.69, 9.17) is 0 Å². The molecule has 0 aliphatic carbocycles. The molecule has 0 amide bonds. The summed E-state index contributed by atoms with van der Waals surface area (Å²) in [5.41, 5.74) is 0. The molecule has 15 heavy (non-hydrogen) atoms. The van der Waals surface area contributed by atoms with Gasteiger partial charge in [-0.2, -0.15) is 0 Å². The van der Waals surface area contributed by atoms with Crippen LogP contribution in [0.1, 0.15) is 72.1 Å². The van der Waals surface area contributed by atoms with Crippen LogP contribution in [0.2, 0.25) is 0 Å². The maximum absolute atomic E-state index is 4.29. The fraction of sp³-hybridized carbons (Fsp3) is 0.929. The first-order valence-electron chi connectivity index (χ1n) is 6.72. The highest BCUT2D eigenvalue weighted by Crippen LogP contribution is 2.20. The smallest absolute Gasteiger partial charge is 0.0517 e. The van der Waals surface area contributed by atoms with Crippen molar-refractivity contribution >= 4 is 6.72 Å². The van der Waals surface area contributed by atoms with Crippen LogP contribution in [0.5, 0.6) is 0 Å². The molecule has 0 N–H and O–H groups in total. The van der Waals surface area contributed by atoms with E-state index in [-0.39, 0.29) is 0 Å². The molecule has 1 nitrogen and oxygen atoms in total. The first-order chi connectivity index (χ1) is 7.26. The lowest BCUT2D eigenvalue weighted by Gasteiger charge is -2.19. The third-order valence-electron chi connectivity index (χ3n) is 3.26. The summed E-state index contributed by atoms with van der Waals surface area (Å²) in [6.45, 7) is 10.6. The summed E-state index contributed by atoms with van der Waals surface area (Å²) in [5.74, 6) is 0.728. The number of nitrogens with zero attached hydrogens (tertiary/aromatic N) is 1. The average Bonchev–Trinajstić information content (AvgIpc) is 2.24. The molecule has 0 bridgehead atoms. The van der Waals surface area contributed by atoms with Gasteiger partial charge in [-0.05, 0) is 25.5 Å². The Hall–Kier alpha value is -0.330. The lowest BCUT2D eigenvalue weighted by atomic mass is 9.92. The third-order valence-corrected chi connectivity index (χ3v) is 3.26. The van der Waals surface area contributed by atoms with Gasteiger partial charge in [0, 0.05) is 0 Å². The summed E-state index contributed by atoms with van der Waals surface area (Å²) in [5, 5.41) is 0. The van der Waals surface area contributed by atoms with Crippen LogP contribution >= 0.6 is 0 Å². The van der Waals surface area contributed by atoms with Gasteiger partial charge in [-0.3, -0.25) is 4.99 Å². The standard InChI is InChI=1S/C14H29N/c1-5-7-9-11-13(3)14(15-4)12-10-8-6-2/h13-14H,4-12H2,1-3H3. The van der Waals surface area contributed by atoms with Crippen LogP contribution < -0.4 is 0 Å². The van der Waals surface area contributed by atoms with Crippen LogP contribution in [0.3, 0.4) is 0 Å². The van der Waals surface area contributed by atoms with Crippen LogP contribution in [-0.4, -0.2) is 12.8 Å². The molecule has 0 saturated heterocycles. The predicted octanol–water partition coefficient (Wildman–Crippen LogP) is 4.85. The Balaban J connectivity index is 3.67. The van der Waals surface area contributed by atoms with Crippen LogP contribution in [0.15, 0.2) is 4.99 Å². The number of hydrogen-bond donors (Lipinski definition) is 0. The number of unbranched alkanes of at least 4 members (excludes halogenated alkanes) is 4. The molecule has 0 aromatic rings. The van der Waals surface area contributed by atoms with E-state index in [2.05, 4.69) is 32.5 Å². The summed E-state index contributed by atoms with van der Waals surface area (Å²) in [6, 6.07) is 0.508. The Bertz CT molecular complexity index is 142.